The van der Waals surface area contributed by atoms with Gasteiger partial charge in [0.25, 0.3) is 0 Å². The number of rotatable bonds is 2. The van der Waals surface area contributed by atoms with Crippen LogP contribution in [0, 0.1) is 11.3 Å². The molecule has 4 nitrogen and oxygen atoms in total. The fraction of sp³-hybridized carbons (Fsp3) is 0.241. The first-order valence-electron chi connectivity index (χ1n) is 11.8. The van der Waals surface area contributed by atoms with Gasteiger partial charge >= 0.3 is 0 Å². The van der Waals surface area contributed by atoms with Gasteiger partial charge < -0.3 is 9.80 Å². The summed E-state index contributed by atoms with van der Waals surface area (Å²) in [6.45, 7) is 2.69. The van der Waals surface area contributed by atoms with Crippen molar-refractivity contribution in [2.75, 3.05) is 16.3 Å². The molecule has 0 bridgehead atoms. The first-order chi connectivity index (χ1) is 16.3. The fourth-order valence-corrected chi connectivity index (χ4v) is 5.41. The van der Waals surface area contributed by atoms with Crippen LogP contribution in [0.15, 0.2) is 78.9 Å². The van der Waals surface area contributed by atoms with Gasteiger partial charge in [-0.3, -0.25) is 4.98 Å². The molecule has 0 aliphatic carbocycles. The summed E-state index contributed by atoms with van der Waals surface area (Å²) in [5, 5.41) is 10.4. The zero-order valence-electron chi connectivity index (χ0n) is 18.6. The van der Waals surface area contributed by atoms with Crippen LogP contribution in [0.3, 0.4) is 0 Å². The monoisotopic (exact) mass is 430 g/mol. The average Bonchev–Trinajstić information content (AvgIpc) is 3.33. The molecule has 0 N–H and O–H groups in total. The number of nitrogens with zero attached hydrogens (tertiary/aromatic N) is 4. The van der Waals surface area contributed by atoms with Crippen LogP contribution in [0.5, 0.6) is 0 Å². The molecule has 1 fully saturated rings. The Morgan fingerprint density at radius 3 is 2.58 bits per heavy atom. The first kappa shape index (κ1) is 19.8. The van der Waals surface area contributed by atoms with Crippen LogP contribution in [0.1, 0.15) is 35.2 Å². The Kier molecular flexibility index (Phi) is 4.96. The second-order valence-electron chi connectivity index (χ2n) is 9.13. The van der Waals surface area contributed by atoms with E-state index in [4.69, 9.17) is 4.98 Å². The molecule has 2 aliphatic rings. The molecule has 0 spiro atoms. The number of hydrogen-bond donors (Lipinski definition) is 0. The molecule has 3 aromatic carbocycles. The van der Waals surface area contributed by atoms with Gasteiger partial charge in [-0.15, -0.1) is 0 Å². The van der Waals surface area contributed by atoms with Crippen LogP contribution in [0.25, 0.3) is 10.9 Å². The van der Waals surface area contributed by atoms with Crippen molar-refractivity contribution in [2.45, 2.75) is 38.4 Å². The lowest BCUT2D eigenvalue weighted by atomic mass is 10.0. The van der Waals surface area contributed by atoms with Gasteiger partial charge in [0.15, 0.2) is 0 Å². The topological polar surface area (TPSA) is 43.2 Å². The molecule has 0 saturated carbocycles. The molecule has 0 radical (unpaired) electrons. The quantitative estimate of drug-likeness (QED) is 0.401. The third-order valence-corrected chi connectivity index (χ3v) is 7.05. The number of benzene rings is 3. The lowest BCUT2D eigenvalue weighted by Gasteiger charge is -2.32. The Balaban J connectivity index is 1.49. The minimum Gasteiger partial charge on any atom is -0.366 e. The van der Waals surface area contributed by atoms with E-state index < -0.39 is 0 Å². The highest BCUT2D eigenvalue weighted by Gasteiger charge is 2.31. The third kappa shape index (κ3) is 3.70. The molecular formula is C29H26N4. The van der Waals surface area contributed by atoms with Gasteiger partial charge in [0.1, 0.15) is 0 Å². The number of anilines is 2. The second kappa shape index (κ2) is 8.26. The molecular weight excluding hydrogens is 404 g/mol. The van der Waals surface area contributed by atoms with Crippen LogP contribution in [-0.2, 0) is 19.5 Å². The van der Waals surface area contributed by atoms with Crippen molar-refractivity contribution in [3.8, 4) is 6.07 Å². The summed E-state index contributed by atoms with van der Waals surface area (Å²) >= 11 is 0. The zero-order valence-corrected chi connectivity index (χ0v) is 18.6. The lowest BCUT2D eigenvalue weighted by molar-refractivity contribution is 0.653. The summed E-state index contributed by atoms with van der Waals surface area (Å²) in [4.78, 5) is 10.2. The Morgan fingerprint density at radius 2 is 1.73 bits per heavy atom. The number of nitriles is 1. The van der Waals surface area contributed by atoms with E-state index in [1.54, 1.807) is 0 Å². The van der Waals surface area contributed by atoms with Crippen LogP contribution in [0.4, 0.5) is 11.4 Å². The smallest absolute Gasteiger partial charge is 0.0991 e. The van der Waals surface area contributed by atoms with Crippen LogP contribution in [0.2, 0.25) is 0 Å². The standard InChI is InChI=1S/C29H26N4/c30-18-21-11-13-22(14-12-21)19-32-20-24-16-23-6-1-2-8-26(23)31-27(24)17-25-7-5-15-33(25)29-10-4-3-9-28(29)32/h1-4,6,8-14,16,25H,5,7,15,17,19-20H2. The molecule has 3 heterocycles. The van der Waals surface area contributed by atoms with Crippen LogP contribution in [-0.4, -0.2) is 17.6 Å². The van der Waals surface area contributed by atoms with Gasteiger partial charge in [-0.05, 0) is 60.4 Å². The summed E-state index contributed by atoms with van der Waals surface area (Å²) in [5.41, 5.74) is 8.12. The summed E-state index contributed by atoms with van der Waals surface area (Å²) < 4.78 is 0. The molecule has 2 aliphatic heterocycles. The number of fused-ring (bicyclic) bond motifs is 5. The average molecular weight is 431 g/mol. The number of pyridine rings is 1. The van der Waals surface area contributed by atoms with Crippen molar-refractivity contribution < 1.29 is 0 Å². The number of hydrogen-bond acceptors (Lipinski definition) is 4. The molecule has 1 saturated heterocycles. The number of aromatic nitrogens is 1. The lowest BCUT2D eigenvalue weighted by Crippen LogP contribution is -2.32. The molecule has 1 atom stereocenters. The van der Waals surface area contributed by atoms with Gasteiger partial charge in [-0.25, -0.2) is 0 Å². The minimum absolute atomic E-state index is 0.480. The summed E-state index contributed by atoms with van der Waals surface area (Å²) in [6, 6.07) is 30.3. The summed E-state index contributed by atoms with van der Waals surface area (Å²) in [5.74, 6) is 0. The normalized spacial score (nSPS) is 17.4. The molecule has 4 heteroatoms. The minimum atomic E-state index is 0.480. The van der Waals surface area contributed by atoms with Crippen LogP contribution < -0.4 is 9.80 Å². The van der Waals surface area contributed by atoms with Crippen molar-refractivity contribution in [3.63, 3.8) is 0 Å². The maximum atomic E-state index is 9.19. The maximum Gasteiger partial charge on any atom is 0.0991 e. The fourth-order valence-electron chi connectivity index (χ4n) is 5.41. The zero-order chi connectivity index (χ0) is 22.2. The Morgan fingerprint density at radius 1 is 0.939 bits per heavy atom. The highest BCUT2D eigenvalue weighted by Crippen LogP contribution is 2.39. The van der Waals surface area contributed by atoms with E-state index in [9.17, 15) is 5.26 Å². The highest BCUT2D eigenvalue weighted by molar-refractivity contribution is 5.80. The van der Waals surface area contributed by atoms with Gasteiger partial charge in [0, 0.05) is 43.2 Å². The predicted octanol–water partition coefficient (Wildman–Crippen LogP) is 5.84. The highest BCUT2D eigenvalue weighted by atomic mass is 15.2. The van der Waals surface area contributed by atoms with E-state index in [0.29, 0.717) is 11.6 Å². The molecule has 162 valence electrons. The molecule has 33 heavy (non-hydrogen) atoms. The summed E-state index contributed by atoms with van der Waals surface area (Å²) in [7, 11) is 0. The van der Waals surface area contributed by atoms with Crippen molar-refractivity contribution >= 4 is 22.3 Å². The molecule has 1 unspecified atom stereocenters. The van der Waals surface area contributed by atoms with Gasteiger partial charge in [-0.1, -0.05) is 42.5 Å². The van der Waals surface area contributed by atoms with Crippen molar-refractivity contribution in [1.82, 2.24) is 4.98 Å². The van der Waals surface area contributed by atoms with E-state index >= 15 is 0 Å². The van der Waals surface area contributed by atoms with E-state index in [-0.39, 0.29) is 0 Å². The largest absolute Gasteiger partial charge is 0.366 e. The summed E-state index contributed by atoms with van der Waals surface area (Å²) in [6.07, 6.45) is 3.41. The molecule has 0 amide bonds. The maximum absolute atomic E-state index is 9.19. The molecule has 6 rings (SSSR count). The third-order valence-electron chi connectivity index (χ3n) is 7.05. The van der Waals surface area contributed by atoms with E-state index in [1.165, 1.54) is 46.4 Å². The van der Waals surface area contributed by atoms with Crippen molar-refractivity contribution in [3.05, 3.63) is 101 Å². The number of para-hydroxylation sites is 3. The van der Waals surface area contributed by atoms with E-state index in [0.717, 1.165) is 31.6 Å². The Bertz CT molecular complexity index is 1350. The SMILES string of the molecule is N#Cc1ccc(CN2Cc3cc4ccccc4nc3CC3CCCN3c3ccccc32)cc1. The van der Waals surface area contributed by atoms with Crippen molar-refractivity contribution in [1.29, 1.82) is 5.26 Å². The molecule has 1 aromatic heterocycles. The first-order valence-corrected chi connectivity index (χ1v) is 11.8. The van der Waals surface area contributed by atoms with E-state index in [1.807, 2.05) is 12.1 Å². The molecule has 4 aromatic rings. The second-order valence-corrected chi connectivity index (χ2v) is 9.13. The Hall–Kier alpha value is -3.84. The van der Waals surface area contributed by atoms with E-state index in [2.05, 4.69) is 82.6 Å². The van der Waals surface area contributed by atoms with Crippen molar-refractivity contribution in [2.24, 2.45) is 0 Å². The van der Waals surface area contributed by atoms with Gasteiger partial charge in [-0.2, -0.15) is 5.26 Å². The predicted molar refractivity (Wildman–Crippen MR) is 133 cm³/mol. The van der Waals surface area contributed by atoms with Gasteiger partial charge in [0.05, 0.1) is 28.5 Å². The van der Waals surface area contributed by atoms with Gasteiger partial charge in [0.2, 0.25) is 0 Å². The Labute approximate surface area is 194 Å². The van der Waals surface area contributed by atoms with Crippen LogP contribution >= 0.6 is 0 Å².